The zero-order valence-corrected chi connectivity index (χ0v) is 11.1. The first-order valence-corrected chi connectivity index (χ1v) is 6.49. The van der Waals surface area contributed by atoms with Crippen molar-refractivity contribution < 1.29 is 9.18 Å². The van der Waals surface area contributed by atoms with Crippen molar-refractivity contribution in [3.63, 3.8) is 0 Å². The third kappa shape index (κ3) is 3.90. The summed E-state index contributed by atoms with van der Waals surface area (Å²) in [6, 6.07) is 13.7. The lowest BCUT2D eigenvalue weighted by Crippen LogP contribution is -2.20. The fourth-order valence-corrected chi connectivity index (χ4v) is 2.02. The van der Waals surface area contributed by atoms with Gasteiger partial charge in [-0.3, -0.25) is 4.79 Å². The van der Waals surface area contributed by atoms with Gasteiger partial charge in [0.15, 0.2) is 0 Å². The molecule has 1 amide bonds. The Kier molecular flexibility index (Phi) is 4.85. The minimum Gasteiger partial charge on any atom is -0.366 e. The van der Waals surface area contributed by atoms with Gasteiger partial charge in [-0.25, -0.2) is 4.39 Å². The van der Waals surface area contributed by atoms with Crippen molar-refractivity contribution in [1.29, 1.82) is 0 Å². The Hall–Kier alpha value is -2.20. The number of carbonyl (C=O) groups is 1. The summed E-state index contributed by atoms with van der Waals surface area (Å²) in [5.41, 5.74) is 7.82. The van der Waals surface area contributed by atoms with E-state index in [1.165, 1.54) is 12.1 Å². The normalized spacial score (nSPS) is 10.4. The summed E-state index contributed by atoms with van der Waals surface area (Å²) >= 11 is 0. The van der Waals surface area contributed by atoms with Crippen molar-refractivity contribution in [3.05, 3.63) is 71.0 Å². The standard InChI is InChI=1S/C16H17FN2O/c17-14-7-5-12(6-8-14)9-10-19-11-13-3-1-2-4-15(13)16(18)20/h1-8,19H,9-11H2,(H2,18,20). The van der Waals surface area contributed by atoms with Crippen LogP contribution in [0.15, 0.2) is 48.5 Å². The average molecular weight is 272 g/mol. The molecule has 0 heterocycles. The van der Waals surface area contributed by atoms with Crippen LogP contribution in [0.2, 0.25) is 0 Å². The predicted molar refractivity (Wildman–Crippen MR) is 76.8 cm³/mol. The molecular weight excluding hydrogens is 255 g/mol. The largest absolute Gasteiger partial charge is 0.366 e. The Morgan fingerprint density at radius 3 is 2.50 bits per heavy atom. The van der Waals surface area contributed by atoms with E-state index in [1.807, 2.05) is 12.1 Å². The molecule has 0 atom stereocenters. The average Bonchev–Trinajstić information content (AvgIpc) is 2.46. The van der Waals surface area contributed by atoms with Crippen molar-refractivity contribution in [2.45, 2.75) is 13.0 Å². The van der Waals surface area contributed by atoms with E-state index in [-0.39, 0.29) is 5.82 Å². The number of carbonyl (C=O) groups excluding carboxylic acids is 1. The maximum absolute atomic E-state index is 12.8. The van der Waals surface area contributed by atoms with Crippen molar-refractivity contribution in [3.8, 4) is 0 Å². The van der Waals surface area contributed by atoms with Gasteiger partial charge in [0.2, 0.25) is 5.91 Å². The number of nitrogens with two attached hydrogens (primary N) is 1. The van der Waals surface area contributed by atoms with E-state index in [1.54, 1.807) is 24.3 Å². The van der Waals surface area contributed by atoms with Crippen LogP contribution >= 0.6 is 0 Å². The summed E-state index contributed by atoms with van der Waals surface area (Å²) in [7, 11) is 0. The number of primary amides is 1. The van der Waals surface area contributed by atoms with E-state index in [2.05, 4.69) is 5.32 Å². The maximum Gasteiger partial charge on any atom is 0.249 e. The van der Waals surface area contributed by atoms with E-state index in [4.69, 9.17) is 5.73 Å². The third-order valence-corrected chi connectivity index (χ3v) is 3.10. The van der Waals surface area contributed by atoms with Gasteiger partial charge in [-0.2, -0.15) is 0 Å². The van der Waals surface area contributed by atoms with Crippen LogP contribution in [0.25, 0.3) is 0 Å². The summed E-state index contributed by atoms with van der Waals surface area (Å²) in [6.07, 6.45) is 0.805. The highest BCUT2D eigenvalue weighted by Gasteiger charge is 2.06. The van der Waals surface area contributed by atoms with Crippen LogP contribution in [0.4, 0.5) is 4.39 Å². The molecule has 0 radical (unpaired) electrons. The van der Waals surface area contributed by atoms with Gasteiger partial charge in [-0.05, 0) is 42.3 Å². The molecule has 0 spiro atoms. The Morgan fingerprint density at radius 2 is 1.80 bits per heavy atom. The third-order valence-electron chi connectivity index (χ3n) is 3.10. The van der Waals surface area contributed by atoms with Crippen LogP contribution in [-0.2, 0) is 13.0 Å². The second-order valence-electron chi connectivity index (χ2n) is 4.57. The van der Waals surface area contributed by atoms with Crippen molar-refractivity contribution >= 4 is 5.91 Å². The Balaban J connectivity index is 1.84. The van der Waals surface area contributed by atoms with Crippen molar-refractivity contribution in [1.82, 2.24) is 5.32 Å². The predicted octanol–water partition coefficient (Wildman–Crippen LogP) is 2.26. The summed E-state index contributed by atoms with van der Waals surface area (Å²) < 4.78 is 12.8. The molecule has 0 bridgehead atoms. The van der Waals surface area contributed by atoms with Crippen molar-refractivity contribution in [2.75, 3.05) is 6.54 Å². The highest BCUT2D eigenvalue weighted by Crippen LogP contribution is 2.08. The highest BCUT2D eigenvalue weighted by atomic mass is 19.1. The molecule has 4 heteroatoms. The Morgan fingerprint density at radius 1 is 1.10 bits per heavy atom. The lowest BCUT2D eigenvalue weighted by molar-refractivity contribution is 0.0999. The Labute approximate surface area is 117 Å². The minimum absolute atomic E-state index is 0.225. The molecule has 0 aliphatic carbocycles. The molecule has 104 valence electrons. The van der Waals surface area contributed by atoms with Gasteiger partial charge in [0.25, 0.3) is 0 Å². The summed E-state index contributed by atoms with van der Waals surface area (Å²) in [5.74, 6) is -0.641. The zero-order chi connectivity index (χ0) is 14.4. The van der Waals surface area contributed by atoms with Crippen LogP contribution in [0.5, 0.6) is 0 Å². The van der Waals surface area contributed by atoms with E-state index >= 15 is 0 Å². The molecule has 0 unspecified atom stereocenters. The van der Waals surface area contributed by atoms with Crippen LogP contribution in [0.1, 0.15) is 21.5 Å². The molecular formula is C16H17FN2O. The second-order valence-corrected chi connectivity index (χ2v) is 4.57. The monoisotopic (exact) mass is 272 g/mol. The molecule has 0 aliphatic heterocycles. The fourth-order valence-electron chi connectivity index (χ4n) is 2.02. The number of hydrogen-bond acceptors (Lipinski definition) is 2. The topological polar surface area (TPSA) is 55.1 Å². The summed E-state index contributed by atoms with van der Waals surface area (Å²) in [5, 5.41) is 3.26. The molecule has 0 fully saturated rings. The quantitative estimate of drug-likeness (QED) is 0.792. The molecule has 0 saturated carbocycles. The molecule has 0 aromatic heterocycles. The van der Waals surface area contributed by atoms with Crippen LogP contribution in [0, 0.1) is 5.82 Å². The van der Waals surface area contributed by atoms with E-state index < -0.39 is 5.91 Å². The number of benzene rings is 2. The van der Waals surface area contributed by atoms with Gasteiger partial charge in [0.05, 0.1) is 0 Å². The molecule has 3 N–H and O–H groups in total. The maximum atomic E-state index is 12.8. The molecule has 2 aromatic carbocycles. The lowest BCUT2D eigenvalue weighted by Gasteiger charge is -2.08. The fraction of sp³-hybridized carbons (Fsp3) is 0.188. The van der Waals surface area contributed by atoms with Crippen molar-refractivity contribution in [2.24, 2.45) is 5.73 Å². The Bertz CT molecular complexity index is 581. The molecule has 20 heavy (non-hydrogen) atoms. The number of rotatable bonds is 6. The van der Waals surface area contributed by atoms with Gasteiger partial charge in [0.1, 0.15) is 5.82 Å². The van der Waals surface area contributed by atoms with Gasteiger partial charge in [0, 0.05) is 12.1 Å². The van der Waals surface area contributed by atoms with E-state index in [0.717, 1.165) is 24.1 Å². The van der Waals surface area contributed by atoms with Crippen LogP contribution < -0.4 is 11.1 Å². The lowest BCUT2D eigenvalue weighted by atomic mass is 10.1. The molecule has 0 saturated heterocycles. The first-order chi connectivity index (χ1) is 9.66. The summed E-state index contributed by atoms with van der Waals surface area (Å²) in [4.78, 5) is 11.3. The van der Waals surface area contributed by atoms with Crippen LogP contribution in [-0.4, -0.2) is 12.5 Å². The smallest absolute Gasteiger partial charge is 0.249 e. The number of amides is 1. The van der Waals surface area contributed by atoms with Gasteiger partial charge < -0.3 is 11.1 Å². The number of nitrogens with one attached hydrogen (secondary N) is 1. The first-order valence-electron chi connectivity index (χ1n) is 6.49. The molecule has 2 aromatic rings. The summed E-state index contributed by atoms with van der Waals surface area (Å²) in [6.45, 7) is 1.33. The highest BCUT2D eigenvalue weighted by molar-refractivity contribution is 5.94. The van der Waals surface area contributed by atoms with E-state index in [9.17, 15) is 9.18 Å². The first kappa shape index (κ1) is 14.2. The molecule has 2 rings (SSSR count). The molecule has 3 nitrogen and oxygen atoms in total. The number of hydrogen-bond donors (Lipinski definition) is 2. The number of halogens is 1. The minimum atomic E-state index is -0.416. The van der Waals surface area contributed by atoms with Gasteiger partial charge in [-0.15, -0.1) is 0 Å². The van der Waals surface area contributed by atoms with Crippen LogP contribution in [0.3, 0.4) is 0 Å². The van der Waals surface area contributed by atoms with Gasteiger partial charge >= 0.3 is 0 Å². The van der Waals surface area contributed by atoms with E-state index in [0.29, 0.717) is 12.1 Å². The molecule has 0 aliphatic rings. The zero-order valence-electron chi connectivity index (χ0n) is 11.1. The SMILES string of the molecule is NC(=O)c1ccccc1CNCCc1ccc(F)cc1. The second kappa shape index (κ2) is 6.82. The van der Waals surface area contributed by atoms with Gasteiger partial charge in [-0.1, -0.05) is 30.3 Å².